The molecule has 2 heterocycles. The van der Waals surface area contributed by atoms with E-state index in [-0.39, 0.29) is 11.7 Å². The number of rotatable bonds is 5. The molecule has 0 bridgehead atoms. The molecule has 6 nitrogen and oxygen atoms in total. The van der Waals surface area contributed by atoms with Crippen molar-refractivity contribution in [2.24, 2.45) is 0 Å². The summed E-state index contributed by atoms with van der Waals surface area (Å²) in [5.74, 6) is 0.851. The molecule has 136 valence electrons. The Kier molecular flexibility index (Phi) is 5.58. The number of amides is 1. The zero-order valence-electron chi connectivity index (χ0n) is 13.6. The van der Waals surface area contributed by atoms with Crippen molar-refractivity contribution in [2.75, 3.05) is 11.1 Å². The van der Waals surface area contributed by atoms with E-state index in [1.165, 1.54) is 23.1 Å². The van der Waals surface area contributed by atoms with Gasteiger partial charge >= 0.3 is 0 Å². The highest BCUT2D eigenvalue weighted by atomic mass is 79.9. The summed E-state index contributed by atoms with van der Waals surface area (Å²) in [7, 11) is 0. The third-order valence-electron chi connectivity index (χ3n) is 3.54. The predicted octanol–water partition coefficient (Wildman–Crippen LogP) is 5.11. The van der Waals surface area contributed by atoms with Gasteiger partial charge in [0.25, 0.3) is 0 Å². The summed E-state index contributed by atoms with van der Waals surface area (Å²) in [4.78, 5) is 12.8. The van der Waals surface area contributed by atoms with Gasteiger partial charge in [-0.05, 0) is 36.4 Å². The molecule has 0 aliphatic rings. The molecule has 1 N–H and O–H groups in total. The molecule has 0 unspecified atom stereocenters. The Morgan fingerprint density at radius 1 is 1.11 bits per heavy atom. The molecule has 2 aromatic carbocycles. The molecule has 0 spiro atoms. The number of hydrogen-bond acceptors (Lipinski definition) is 6. The van der Waals surface area contributed by atoms with Crippen LogP contribution >= 0.6 is 55.0 Å². The number of hydrogen-bond donors (Lipinski definition) is 1. The monoisotopic (exact) mass is 523 g/mol. The maximum atomic E-state index is 12.1. The van der Waals surface area contributed by atoms with E-state index in [2.05, 4.69) is 52.5 Å². The number of benzene rings is 2. The highest BCUT2D eigenvalue weighted by Gasteiger charge is 2.16. The van der Waals surface area contributed by atoms with Gasteiger partial charge in [-0.15, -0.1) is 15.3 Å². The van der Waals surface area contributed by atoms with Gasteiger partial charge in [0.2, 0.25) is 10.9 Å². The summed E-state index contributed by atoms with van der Waals surface area (Å²) in [6.45, 7) is 0. The van der Waals surface area contributed by atoms with E-state index in [1.807, 2.05) is 48.5 Å². The Labute approximate surface area is 179 Å². The van der Waals surface area contributed by atoms with Gasteiger partial charge in [-0.25, -0.2) is 0 Å². The third-order valence-corrected chi connectivity index (χ3v) is 6.79. The van der Waals surface area contributed by atoms with Crippen LogP contribution in [0, 0.1) is 0 Å². The first kappa shape index (κ1) is 18.6. The average Bonchev–Trinajstić information content (AvgIpc) is 3.23. The number of fused-ring (bicyclic) bond motifs is 1. The maximum absolute atomic E-state index is 12.1. The molecule has 0 saturated heterocycles. The van der Waals surface area contributed by atoms with E-state index >= 15 is 0 Å². The summed E-state index contributed by atoms with van der Waals surface area (Å²) in [5, 5.41) is 15.8. The molecule has 0 radical (unpaired) electrons. The number of nitrogens with zero attached hydrogens (tertiary/aromatic N) is 4. The van der Waals surface area contributed by atoms with Crippen LogP contribution in [-0.4, -0.2) is 31.5 Å². The van der Waals surface area contributed by atoms with Crippen LogP contribution in [0.15, 0.2) is 61.8 Å². The molecule has 10 heteroatoms. The normalized spacial score (nSPS) is 11.0. The fraction of sp³-hybridized carbons (Fsp3) is 0.0588. The van der Waals surface area contributed by atoms with Gasteiger partial charge in [-0.3, -0.25) is 4.79 Å². The standard InChI is InChI=1S/C17H11Br2N5OS2/c18-10-5-7-11(8-6-10)20-14(25)9-26-17-23-24-15(21-22-16(24)27-17)12-3-1-2-4-13(12)19/h1-8H,9H2,(H,20,25). The number of halogens is 2. The number of carbonyl (C=O) groups excluding carboxylic acids is 1. The van der Waals surface area contributed by atoms with Gasteiger partial charge in [0.1, 0.15) is 0 Å². The van der Waals surface area contributed by atoms with E-state index in [0.717, 1.165) is 24.5 Å². The van der Waals surface area contributed by atoms with E-state index < -0.39 is 0 Å². The van der Waals surface area contributed by atoms with Gasteiger partial charge in [0, 0.05) is 20.2 Å². The van der Waals surface area contributed by atoms with Crippen molar-refractivity contribution in [2.45, 2.75) is 4.34 Å². The van der Waals surface area contributed by atoms with Crippen molar-refractivity contribution in [3.8, 4) is 11.4 Å². The van der Waals surface area contributed by atoms with Gasteiger partial charge in [-0.1, -0.05) is 67.1 Å². The molecular weight excluding hydrogens is 514 g/mol. The Hall–Kier alpha value is -1.75. The van der Waals surface area contributed by atoms with Gasteiger partial charge in [-0.2, -0.15) is 4.52 Å². The van der Waals surface area contributed by atoms with Crippen LogP contribution < -0.4 is 5.32 Å². The largest absolute Gasteiger partial charge is 0.325 e. The number of aromatic nitrogens is 4. The lowest BCUT2D eigenvalue weighted by atomic mass is 10.2. The number of nitrogens with one attached hydrogen (secondary N) is 1. The smallest absolute Gasteiger partial charge is 0.235 e. The molecule has 0 saturated carbocycles. The summed E-state index contributed by atoms with van der Waals surface area (Å²) < 4.78 is 4.37. The van der Waals surface area contributed by atoms with Gasteiger partial charge in [0.15, 0.2) is 10.2 Å². The highest BCUT2D eigenvalue weighted by Crippen LogP contribution is 2.30. The maximum Gasteiger partial charge on any atom is 0.235 e. The van der Waals surface area contributed by atoms with Crippen molar-refractivity contribution in [1.29, 1.82) is 0 Å². The molecule has 27 heavy (non-hydrogen) atoms. The fourth-order valence-corrected chi connectivity index (χ4v) is 4.73. The highest BCUT2D eigenvalue weighted by molar-refractivity contribution is 9.10. The van der Waals surface area contributed by atoms with Crippen LogP contribution in [-0.2, 0) is 4.79 Å². The van der Waals surface area contributed by atoms with E-state index in [1.54, 1.807) is 4.52 Å². The minimum Gasteiger partial charge on any atom is -0.325 e. The van der Waals surface area contributed by atoms with Crippen molar-refractivity contribution < 1.29 is 4.79 Å². The summed E-state index contributed by atoms with van der Waals surface area (Å²) in [5.41, 5.74) is 1.68. The Morgan fingerprint density at radius 2 is 1.89 bits per heavy atom. The first-order chi connectivity index (χ1) is 13.1. The van der Waals surface area contributed by atoms with Crippen LogP contribution in [0.3, 0.4) is 0 Å². The third kappa shape index (κ3) is 4.23. The van der Waals surface area contributed by atoms with Crippen molar-refractivity contribution in [1.82, 2.24) is 19.8 Å². The zero-order chi connectivity index (χ0) is 18.8. The first-order valence-electron chi connectivity index (χ1n) is 7.75. The lowest BCUT2D eigenvalue weighted by molar-refractivity contribution is -0.113. The number of carbonyl (C=O) groups is 1. The molecule has 4 rings (SSSR count). The molecule has 0 atom stereocenters. The van der Waals surface area contributed by atoms with E-state index in [9.17, 15) is 4.79 Å². The topological polar surface area (TPSA) is 72.2 Å². The van der Waals surface area contributed by atoms with Crippen molar-refractivity contribution >= 4 is 71.5 Å². The summed E-state index contributed by atoms with van der Waals surface area (Å²) in [6.07, 6.45) is 0. The molecule has 0 fully saturated rings. The second-order valence-electron chi connectivity index (χ2n) is 5.41. The number of anilines is 1. The molecule has 0 aliphatic heterocycles. The molecule has 0 aliphatic carbocycles. The van der Waals surface area contributed by atoms with Gasteiger partial charge in [0.05, 0.1) is 5.75 Å². The van der Waals surface area contributed by atoms with Crippen LogP contribution in [0.4, 0.5) is 5.69 Å². The fourth-order valence-electron chi connectivity index (χ4n) is 2.33. The average molecular weight is 525 g/mol. The van der Waals surface area contributed by atoms with E-state index in [4.69, 9.17) is 0 Å². The lowest BCUT2D eigenvalue weighted by Gasteiger charge is -2.04. The van der Waals surface area contributed by atoms with Crippen LogP contribution in [0.1, 0.15) is 0 Å². The molecular formula is C17H11Br2N5OS2. The minimum absolute atomic E-state index is 0.0840. The minimum atomic E-state index is -0.0840. The molecule has 4 aromatic rings. The lowest BCUT2D eigenvalue weighted by Crippen LogP contribution is -2.13. The van der Waals surface area contributed by atoms with E-state index in [0.29, 0.717) is 10.8 Å². The second-order valence-corrected chi connectivity index (χ2v) is 9.36. The zero-order valence-corrected chi connectivity index (χ0v) is 18.4. The predicted molar refractivity (Wildman–Crippen MR) is 115 cm³/mol. The van der Waals surface area contributed by atoms with Crippen LogP contribution in [0.5, 0.6) is 0 Å². The van der Waals surface area contributed by atoms with Crippen LogP contribution in [0.25, 0.3) is 16.3 Å². The Morgan fingerprint density at radius 3 is 2.67 bits per heavy atom. The van der Waals surface area contributed by atoms with Crippen molar-refractivity contribution in [3.63, 3.8) is 0 Å². The summed E-state index contributed by atoms with van der Waals surface area (Å²) in [6, 6.07) is 15.3. The molecule has 2 aromatic heterocycles. The SMILES string of the molecule is O=C(CSc1nn2c(-c3ccccc3Br)nnc2s1)Nc1ccc(Br)cc1. The van der Waals surface area contributed by atoms with Crippen molar-refractivity contribution in [3.05, 3.63) is 57.5 Å². The summed E-state index contributed by atoms with van der Waals surface area (Å²) >= 11 is 9.69. The molecule has 1 amide bonds. The van der Waals surface area contributed by atoms with Crippen LogP contribution in [0.2, 0.25) is 0 Å². The Balaban J connectivity index is 1.46. The number of thioether (sulfide) groups is 1. The second kappa shape index (κ2) is 8.09. The van der Waals surface area contributed by atoms with Gasteiger partial charge < -0.3 is 5.32 Å². The quantitative estimate of drug-likeness (QED) is 0.367. The Bertz CT molecular complexity index is 1110. The first-order valence-corrected chi connectivity index (χ1v) is 11.1.